The second-order valence-electron chi connectivity index (χ2n) is 12.6. The van der Waals surface area contributed by atoms with Gasteiger partial charge in [0.2, 0.25) is 0 Å². The standard InChI is InChI=1S/C33H37N9O2/c1-18(37-28-16-35-10-11-36-28)25-8-6-21-12-27(40(32(21)38-25)17-20-4-5-20)31-19(2)41-29(39-31)13-22(14-30(41)44-3)33(43)42-23-7-9-26(42)24(34)15-23/h6,8,10-14,16,18,20,23-24,26H,4-5,7,9,15,17,34H2,1-3H3,(H,36,37)/t18-,23+,24-,26-/m1/s1. The Morgan fingerprint density at radius 1 is 1.14 bits per heavy atom. The number of ether oxygens (including phenoxy) is 1. The molecule has 0 aromatic carbocycles. The van der Waals surface area contributed by atoms with Gasteiger partial charge >= 0.3 is 0 Å². The molecule has 2 bridgehead atoms. The van der Waals surface area contributed by atoms with E-state index in [-0.39, 0.29) is 30.1 Å². The van der Waals surface area contributed by atoms with Gasteiger partial charge in [0.05, 0.1) is 36.4 Å². The van der Waals surface area contributed by atoms with Gasteiger partial charge in [0, 0.05) is 54.1 Å². The molecule has 0 radical (unpaired) electrons. The lowest BCUT2D eigenvalue weighted by atomic mass is 9.97. The fraction of sp³-hybridized carbons (Fsp3) is 0.424. The molecule has 0 unspecified atom stereocenters. The normalized spacial score (nSPS) is 21.8. The number of rotatable bonds is 8. The van der Waals surface area contributed by atoms with Crippen LogP contribution in [-0.4, -0.2) is 64.9 Å². The van der Waals surface area contributed by atoms with Crippen molar-refractivity contribution in [1.29, 1.82) is 0 Å². The van der Waals surface area contributed by atoms with E-state index in [4.69, 9.17) is 20.4 Å². The first kappa shape index (κ1) is 27.1. The average Bonchev–Trinajstić information content (AvgIpc) is 3.35. The Bertz CT molecular complexity index is 1890. The van der Waals surface area contributed by atoms with Gasteiger partial charge in [0.15, 0.2) is 5.88 Å². The summed E-state index contributed by atoms with van der Waals surface area (Å²) in [4.78, 5) is 34.6. The summed E-state index contributed by atoms with van der Waals surface area (Å²) in [5, 5.41) is 4.47. The molecule has 1 saturated carbocycles. The van der Waals surface area contributed by atoms with Crippen LogP contribution in [0.1, 0.15) is 66.8 Å². The molecule has 0 spiro atoms. The average molecular weight is 592 g/mol. The van der Waals surface area contributed by atoms with E-state index in [1.54, 1.807) is 25.7 Å². The number of aryl methyl sites for hydroxylation is 1. The molecule has 3 N–H and O–H groups in total. The topological polar surface area (TPSA) is 128 Å². The van der Waals surface area contributed by atoms with Crippen molar-refractivity contribution in [3.05, 3.63) is 65.9 Å². The van der Waals surface area contributed by atoms with Crippen LogP contribution in [0.2, 0.25) is 0 Å². The Labute approximate surface area is 255 Å². The minimum absolute atomic E-state index is 0.0113. The summed E-state index contributed by atoms with van der Waals surface area (Å²) in [6.45, 7) is 5.02. The van der Waals surface area contributed by atoms with Crippen molar-refractivity contribution in [2.24, 2.45) is 11.7 Å². The highest BCUT2D eigenvalue weighted by atomic mass is 16.5. The first-order valence-electron chi connectivity index (χ1n) is 15.6. The number of hydrogen-bond acceptors (Lipinski definition) is 8. The van der Waals surface area contributed by atoms with Crippen molar-refractivity contribution in [3.63, 3.8) is 0 Å². The third kappa shape index (κ3) is 4.40. The Kier molecular flexibility index (Phi) is 6.33. The molecule has 11 nitrogen and oxygen atoms in total. The van der Waals surface area contributed by atoms with Crippen LogP contribution in [0.15, 0.2) is 48.9 Å². The van der Waals surface area contributed by atoms with Gasteiger partial charge in [-0.1, -0.05) is 0 Å². The Morgan fingerprint density at radius 3 is 2.70 bits per heavy atom. The number of nitrogens with zero attached hydrogens (tertiary/aromatic N) is 7. The van der Waals surface area contributed by atoms with Crippen LogP contribution >= 0.6 is 0 Å². The zero-order valence-electron chi connectivity index (χ0n) is 25.3. The van der Waals surface area contributed by atoms with Gasteiger partial charge in [0.1, 0.15) is 22.8 Å². The number of carbonyl (C=O) groups excluding carboxylic acids is 1. The minimum Gasteiger partial charge on any atom is -0.482 e. The summed E-state index contributed by atoms with van der Waals surface area (Å²) in [6, 6.07) is 10.5. The largest absolute Gasteiger partial charge is 0.482 e. The fourth-order valence-corrected chi connectivity index (χ4v) is 7.29. The van der Waals surface area contributed by atoms with E-state index in [1.807, 2.05) is 21.4 Å². The number of aromatic nitrogens is 6. The van der Waals surface area contributed by atoms with Crippen LogP contribution in [0.3, 0.4) is 0 Å². The number of fused-ring (bicyclic) bond motifs is 4. The molecule has 2 aliphatic heterocycles. The third-order valence-corrected chi connectivity index (χ3v) is 9.71. The van der Waals surface area contributed by atoms with Crippen molar-refractivity contribution in [2.45, 2.75) is 76.7 Å². The second kappa shape index (κ2) is 10.3. The predicted octanol–water partition coefficient (Wildman–Crippen LogP) is 4.75. The molecule has 11 heteroatoms. The first-order valence-corrected chi connectivity index (χ1v) is 15.6. The smallest absolute Gasteiger partial charge is 0.254 e. The molecule has 8 rings (SSSR count). The van der Waals surface area contributed by atoms with Gasteiger partial charge in [-0.05, 0) is 76.1 Å². The van der Waals surface area contributed by atoms with Gasteiger partial charge in [-0.25, -0.2) is 15.0 Å². The Hall–Kier alpha value is -4.51. The molecule has 2 saturated heterocycles. The number of amides is 1. The van der Waals surface area contributed by atoms with Crippen LogP contribution in [0.25, 0.3) is 28.1 Å². The van der Waals surface area contributed by atoms with Gasteiger partial charge in [-0.3, -0.25) is 14.2 Å². The molecule has 5 aromatic rings. The highest BCUT2D eigenvalue weighted by Gasteiger charge is 2.47. The zero-order valence-corrected chi connectivity index (χ0v) is 25.3. The highest BCUT2D eigenvalue weighted by molar-refractivity contribution is 5.96. The lowest BCUT2D eigenvalue weighted by molar-refractivity contribution is 0.0726. The molecule has 1 aliphatic carbocycles. The summed E-state index contributed by atoms with van der Waals surface area (Å²) in [5.74, 6) is 1.94. The van der Waals surface area contributed by atoms with Gasteiger partial charge < -0.3 is 25.3 Å². The van der Waals surface area contributed by atoms with Crippen molar-refractivity contribution in [2.75, 3.05) is 12.4 Å². The monoisotopic (exact) mass is 591 g/mol. The molecule has 44 heavy (non-hydrogen) atoms. The van der Waals surface area contributed by atoms with Gasteiger partial charge in [-0.15, -0.1) is 0 Å². The summed E-state index contributed by atoms with van der Waals surface area (Å²) < 4.78 is 10.2. The predicted molar refractivity (Wildman–Crippen MR) is 168 cm³/mol. The van der Waals surface area contributed by atoms with Crippen LogP contribution in [0.4, 0.5) is 5.82 Å². The van der Waals surface area contributed by atoms with E-state index in [0.717, 1.165) is 59.6 Å². The van der Waals surface area contributed by atoms with Crippen molar-refractivity contribution < 1.29 is 9.53 Å². The Morgan fingerprint density at radius 2 is 2.00 bits per heavy atom. The lowest BCUT2D eigenvalue weighted by Crippen LogP contribution is -2.40. The van der Waals surface area contributed by atoms with E-state index in [2.05, 4.69) is 51.9 Å². The van der Waals surface area contributed by atoms with E-state index in [9.17, 15) is 4.79 Å². The number of pyridine rings is 2. The maximum absolute atomic E-state index is 13.8. The fourth-order valence-electron chi connectivity index (χ4n) is 7.29. The summed E-state index contributed by atoms with van der Waals surface area (Å²) in [5.41, 5.74) is 12.3. The lowest BCUT2D eigenvalue weighted by Gasteiger charge is -2.23. The molecule has 226 valence electrons. The maximum atomic E-state index is 13.8. The number of nitrogens with two attached hydrogens (primary N) is 1. The van der Waals surface area contributed by atoms with E-state index in [0.29, 0.717) is 28.8 Å². The van der Waals surface area contributed by atoms with E-state index < -0.39 is 0 Å². The summed E-state index contributed by atoms with van der Waals surface area (Å²) >= 11 is 0. The van der Waals surface area contributed by atoms with Crippen LogP contribution in [-0.2, 0) is 6.54 Å². The summed E-state index contributed by atoms with van der Waals surface area (Å²) in [6.07, 6.45) is 10.4. The number of carbonyl (C=O) groups is 1. The molecule has 7 heterocycles. The number of methoxy groups -OCH3 is 1. The Balaban J connectivity index is 1.20. The molecule has 3 aliphatic rings. The molecular weight excluding hydrogens is 554 g/mol. The minimum atomic E-state index is -0.0543. The molecule has 3 fully saturated rings. The van der Waals surface area contributed by atoms with E-state index in [1.165, 1.54) is 12.8 Å². The maximum Gasteiger partial charge on any atom is 0.254 e. The molecule has 4 atom stereocenters. The molecular formula is C33H37N9O2. The quantitative estimate of drug-likeness (QED) is 0.265. The van der Waals surface area contributed by atoms with Crippen LogP contribution in [0.5, 0.6) is 5.88 Å². The van der Waals surface area contributed by atoms with Crippen LogP contribution in [0, 0.1) is 12.8 Å². The molecule has 5 aromatic heterocycles. The SMILES string of the molecule is COc1cc(C(=O)N2[C@H]3CC[C@@H]2[C@H](N)C3)cc2nc(-c3cc4ccc([C@@H](C)Nc5cnccn5)nc4n3CC3CC3)c(C)n12. The number of nitrogens with one attached hydrogen (secondary N) is 1. The van der Waals surface area contributed by atoms with Gasteiger partial charge in [0.25, 0.3) is 5.91 Å². The van der Waals surface area contributed by atoms with Crippen molar-refractivity contribution >= 4 is 28.4 Å². The third-order valence-electron chi connectivity index (χ3n) is 9.71. The number of imidazole rings is 1. The van der Waals surface area contributed by atoms with Crippen molar-refractivity contribution in [3.8, 4) is 17.3 Å². The second-order valence-corrected chi connectivity index (χ2v) is 12.6. The van der Waals surface area contributed by atoms with Crippen molar-refractivity contribution in [1.82, 2.24) is 33.8 Å². The summed E-state index contributed by atoms with van der Waals surface area (Å²) in [7, 11) is 1.64. The van der Waals surface area contributed by atoms with Crippen LogP contribution < -0.4 is 15.8 Å². The van der Waals surface area contributed by atoms with E-state index >= 15 is 0 Å². The highest BCUT2D eigenvalue weighted by Crippen LogP contribution is 2.40. The van der Waals surface area contributed by atoms with Gasteiger partial charge in [-0.2, -0.15) is 0 Å². The number of anilines is 1. The number of hydrogen-bond donors (Lipinski definition) is 2. The molecule has 1 amide bonds. The first-order chi connectivity index (χ1) is 21.4. The zero-order chi connectivity index (χ0) is 30.1.